The van der Waals surface area contributed by atoms with Gasteiger partial charge >= 0.3 is 0 Å². The molecule has 0 spiro atoms. The Morgan fingerprint density at radius 1 is 1.45 bits per heavy atom. The lowest BCUT2D eigenvalue weighted by Crippen LogP contribution is -2.35. The standard InChI is InChI=1S/C14H24ClN5/c1-11-5-4-8-20(10-11)7-3-2-6-17-12-9-13(15)18-19-14(12)16/h9,11H,2-8,10H2,1H3,(H2,16,19)(H,17,18). The van der Waals surface area contributed by atoms with Crippen molar-refractivity contribution in [2.45, 2.75) is 32.6 Å². The zero-order chi connectivity index (χ0) is 14.4. The van der Waals surface area contributed by atoms with Crippen LogP contribution < -0.4 is 11.1 Å². The van der Waals surface area contributed by atoms with E-state index in [1.54, 1.807) is 6.07 Å². The Balaban J connectivity index is 1.63. The fourth-order valence-electron chi connectivity index (χ4n) is 2.69. The number of aromatic nitrogens is 2. The molecule has 0 bridgehead atoms. The van der Waals surface area contributed by atoms with E-state index in [0.717, 1.165) is 24.6 Å². The highest BCUT2D eigenvalue weighted by Gasteiger charge is 2.15. The first-order chi connectivity index (χ1) is 9.65. The summed E-state index contributed by atoms with van der Waals surface area (Å²) >= 11 is 5.80. The van der Waals surface area contributed by atoms with Gasteiger partial charge in [-0.05, 0) is 44.7 Å². The van der Waals surface area contributed by atoms with Gasteiger partial charge in [-0.2, -0.15) is 0 Å². The highest BCUT2D eigenvalue weighted by atomic mass is 35.5. The monoisotopic (exact) mass is 297 g/mol. The number of halogens is 1. The van der Waals surface area contributed by atoms with E-state index in [-0.39, 0.29) is 0 Å². The van der Waals surface area contributed by atoms with Crippen LogP contribution in [0.15, 0.2) is 6.07 Å². The molecule has 0 saturated carbocycles. The van der Waals surface area contributed by atoms with E-state index in [2.05, 4.69) is 27.3 Å². The van der Waals surface area contributed by atoms with Crippen LogP contribution in [-0.4, -0.2) is 41.3 Å². The first kappa shape index (κ1) is 15.3. The Kier molecular flexibility index (Phi) is 5.86. The van der Waals surface area contributed by atoms with E-state index in [1.165, 1.54) is 38.9 Å². The zero-order valence-corrected chi connectivity index (χ0v) is 12.9. The highest BCUT2D eigenvalue weighted by molar-refractivity contribution is 6.29. The number of nitrogen functional groups attached to an aromatic ring is 1. The van der Waals surface area contributed by atoms with E-state index in [9.17, 15) is 0 Å². The van der Waals surface area contributed by atoms with Crippen molar-refractivity contribution in [2.75, 3.05) is 37.2 Å². The summed E-state index contributed by atoms with van der Waals surface area (Å²) in [7, 11) is 0. The molecule has 3 N–H and O–H groups in total. The van der Waals surface area contributed by atoms with Crippen molar-refractivity contribution >= 4 is 23.1 Å². The van der Waals surface area contributed by atoms with Gasteiger partial charge in [0.2, 0.25) is 0 Å². The van der Waals surface area contributed by atoms with E-state index in [4.69, 9.17) is 17.3 Å². The molecule has 112 valence electrons. The van der Waals surface area contributed by atoms with E-state index in [1.807, 2.05) is 0 Å². The minimum Gasteiger partial charge on any atom is -0.382 e. The average molecular weight is 298 g/mol. The van der Waals surface area contributed by atoms with Gasteiger partial charge in [-0.3, -0.25) is 0 Å². The fourth-order valence-corrected chi connectivity index (χ4v) is 2.84. The van der Waals surface area contributed by atoms with E-state index in [0.29, 0.717) is 11.0 Å². The second kappa shape index (κ2) is 7.64. The zero-order valence-electron chi connectivity index (χ0n) is 12.1. The lowest BCUT2D eigenvalue weighted by atomic mass is 10.0. The van der Waals surface area contributed by atoms with Gasteiger partial charge in [-0.15, -0.1) is 10.2 Å². The number of piperidine rings is 1. The molecule has 6 heteroatoms. The second-order valence-corrected chi connectivity index (χ2v) is 6.04. The summed E-state index contributed by atoms with van der Waals surface area (Å²) in [5.74, 6) is 1.26. The minimum absolute atomic E-state index is 0.365. The maximum Gasteiger partial charge on any atom is 0.169 e. The summed E-state index contributed by atoms with van der Waals surface area (Å²) < 4.78 is 0. The molecule has 20 heavy (non-hydrogen) atoms. The fraction of sp³-hybridized carbons (Fsp3) is 0.714. The van der Waals surface area contributed by atoms with Crippen molar-refractivity contribution in [3.05, 3.63) is 11.2 Å². The molecule has 2 rings (SSSR count). The molecular formula is C14H24ClN5. The molecule has 1 aromatic rings. The number of unbranched alkanes of at least 4 members (excludes halogenated alkanes) is 1. The van der Waals surface area contributed by atoms with Crippen molar-refractivity contribution in [3.8, 4) is 0 Å². The molecule has 0 radical (unpaired) electrons. The molecule has 2 heterocycles. The lowest BCUT2D eigenvalue weighted by molar-refractivity contribution is 0.181. The molecule has 5 nitrogen and oxygen atoms in total. The first-order valence-corrected chi connectivity index (χ1v) is 7.78. The molecule has 1 aromatic heterocycles. The number of anilines is 2. The number of nitrogens with one attached hydrogen (secondary N) is 1. The quantitative estimate of drug-likeness (QED) is 0.790. The van der Waals surface area contributed by atoms with E-state index < -0.39 is 0 Å². The number of rotatable bonds is 6. The third-order valence-electron chi connectivity index (χ3n) is 3.75. The van der Waals surface area contributed by atoms with Crippen LogP contribution in [0.4, 0.5) is 11.5 Å². The molecule has 0 aromatic carbocycles. The van der Waals surface area contributed by atoms with Crippen molar-refractivity contribution < 1.29 is 0 Å². The summed E-state index contributed by atoms with van der Waals surface area (Å²) in [5.41, 5.74) is 6.51. The topological polar surface area (TPSA) is 67.1 Å². The van der Waals surface area contributed by atoms with Crippen LogP contribution in [0.2, 0.25) is 5.15 Å². The Labute approximate surface area is 125 Å². The van der Waals surface area contributed by atoms with Crippen LogP contribution in [0.5, 0.6) is 0 Å². The Morgan fingerprint density at radius 3 is 3.10 bits per heavy atom. The number of nitrogens with zero attached hydrogens (tertiary/aromatic N) is 3. The second-order valence-electron chi connectivity index (χ2n) is 5.65. The van der Waals surface area contributed by atoms with Gasteiger partial charge in [0.1, 0.15) is 0 Å². The normalized spacial score (nSPS) is 20.0. The van der Waals surface area contributed by atoms with Gasteiger partial charge in [-0.25, -0.2) is 0 Å². The number of nitrogens with two attached hydrogens (primary N) is 1. The van der Waals surface area contributed by atoms with Crippen molar-refractivity contribution in [2.24, 2.45) is 5.92 Å². The first-order valence-electron chi connectivity index (χ1n) is 7.40. The number of hydrogen-bond acceptors (Lipinski definition) is 5. The summed E-state index contributed by atoms with van der Waals surface area (Å²) in [4.78, 5) is 2.58. The van der Waals surface area contributed by atoms with Gasteiger partial charge in [-0.1, -0.05) is 18.5 Å². The predicted octanol–water partition coefficient (Wildman–Crippen LogP) is 2.64. The molecule has 1 aliphatic heterocycles. The van der Waals surface area contributed by atoms with Gasteiger partial charge in [0, 0.05) is 19.2 Å². The van der Waals surface area contributed by atoms with Gasteiger partial charge in [0.15, 0.2) is 11.0 Å². The summed E-state index contributed by atoms with van der Waals surface area (Å²) in [5, 5.41) is 11.1. The number of hydrogen-bond donors (Lipinski definition) is 2. The van der Waals surface area contributed by atoms with Gasteiger partial charge in [0.05, 0.1) is 5.69 Å². The Hall–Kier alpha value is -1.07. The molecule has 0 aliphatic carbocycles. The highest BCUT2D eigenvalue weighted by Crippen LogP contribution is 2.18. The van der Waals surface area contributed by atoms with Crippen LogP contribution in [0, 0.1) is 5.92 Å². The predicted molar refractivity (Wildman–Crippen MR) is 84.0 cm³/mol. The van der Waals surface area contributed by atoms with Crippen LogP contribution in [0.3, 0.4) is 0 Å². The molecule has 1 unspecified atom stereocenters. The van der Waals surface area contributed by atoms with Crippen molar-refractivity contribution in [1.82, 2.24) is 15.1 Å². The van der Waals surface area contributed by atoms with Crippen molar-refractivity contribution in [3.63, 3.8) is 0 Å². The molecule has 1 atom stereocenters. The number of likely N-dealkylation sites (tertiary alicyclic amines) is 1. The molecule has 1 saturated heterocycles. The smallest absolute Gasteiger partial charge is 0.169 e. The minimum atomic E-state index is 0.365. The third kappa shape index (κ3) is 4.80. The van der Waals surface area contributed by atoms with Crippen molar-refractivity contribution in [1.29, 1.82) is 0 Å². The van der Waals surface area contributed by atoms with E-state index >= 15 is 0 Å². The maximum atomic E-state index is 5.80. The summed E-state index contributed by atoms with van der Waals surface area (Å²) in [6, 6.07) is 1.72. The summed E-state index contributed by atoms with van der Waals surface area (Å²) in [6.07, 6.45) is 5.04. The molecular weight excluding hydrogens is 274 g/mol. The maximum absolute atomic E-state index is 5.80. The Bertz CT molecular complexity index is 426. The lowest BCUT2D eigenvalue weighted by Gasteiger charge is -2.30. The molecule has 0 amide bonds. The van der Waals surface area contributed by atoms with Crippen LogP contribution in [-0.2, 0) is 0 Å². The largest absolute Gasteiger partial charge is 0.382 e. The summed E-state index contributed by atoms with van der Waals surface area (Å²) in [6.45, 7) is 6.93. The van der Waals surface area contributed by atoms with Crippen LogP contribution in [0.25, 0.3) is 0 Å². The van der Waals surface area contributed by atoms with Gasteiger partial charge in [0.25, 0.3) is 0 Å². The van der Waals surface area contributed by atoms with Crippen LogP contribution in [0.1, 0.15) is 32.6 Å². The van der Waals surface area contributed by atoms with Gasteiger partial charge < -0.3 is 16.0 Å². The third-order valence-corrected chi connectivity index (χ3v) is 3.94. The Morgan fingerprint density at radius 2 is 2.30 bits per heavy atom. The SMILES string of the molecule is CC1CCCN(CCCCNc2cc(Cl)nnc2N)C1. The average Bonchev–Trinajstić information content (AvgIpc) is 2.42. The molecule has 1 fully saturated rings. The van der Waals surface area contributed by atoms with Crippen LogP contribution >= 0.6 is 11.6 Å². The molecule has 1 aliphatic rings.